The molecule has 13 aromatic rings. The summed E-state index contributed by atoms with van der Waals surface area (Å²) in [5, 5.41) is 2.48. The Morgan fingerprint density at radius 3 is 1.41 bits per heavy atom. The number of rotatable bonds is 8. The SMILES string of the molecule is c1ccc(-c2ccccc2-c2ccccc2-c2ccccc2N(c2cccc(-c3ccc4c5ccccc5n(-c5ccccc5)c4c3)c2)c2ccc3c(c2)-c2ccccc2C32c3ccccc3-c3ccccc32)cc1. The van der Waals surface area contributed by atoms with Crippen LogP contribution < -0.4 is 4.90 Å². The molecule has 2 heteroatoms. The predicted octanol–water partition coefficient (Wildman–Crippen LogP) is 19.3. The molecule has 0 unspecified atom stereocenters. The molecule has 0 amide bonds. The van der Waals surface area contributed by atoms with Crippen LogP contribution in [0.2, 0.25) is 0 Å². The maximum Gasteiger partial charge on any atom is 0.0725 e. The zero-order chi connectivity index (χ0) is 49.5. The van der Waals surface area contributed by atoms with Crippen LogP contribution in [0.15, 0.2) is 291 Å². The summed E-state index contributed by atoms with van der Waals surface area (Å²) in [6, 6.07) is 108. The monoisotopic (exact) mass is 952 g/mol. The van der Waals surface area contributed by atoms with Crippen molar-refractivity contribution >= 4 is 38.9 Å². The van der Waals surface area contributed by atoms with Gasteiger partial charge in [0, 0.05) is 33.4 Å². The molecule has 0 atom stereocenters. The fraction of sp³-hybridized carbons (Fsp3) is 0.0137. The second-order valence-electron chi connectivity index (χ2n) is 19.9. The molecular weight excluding hydrogens is 905 g/mol. The van der Waals surface area contributed by atoms with Crippen molar-refractivity contribution in [2.45, 2.75) is 5.41 Å². The molecule has 0 bridgehead atoms. The van der Waals surface area contributed by atoms with Gasteiger partial charge in [0.25, 0.3) is 0 Å². The number of anilines is 3. The van der Waals surface area contributed by atoms with Crippen molar-refractivity contribution in [2.24, 2.45) is 0 Å². The second kappa shape index (κ2) is 17.2. The van der Waals surface area contributed by atoms with Crippen molar-refractivity contribution < 1.29 is 0 Å². The van der Waals surface area contributed by atoms with Crippen LogP contribution >= 0.6 is 0 Å². The Morgan fingerprint density at radius 2 is 0.720 bits per heavy atom. The lowest BCUT2D eigenvalue weighted by atomic mass is 9.70. The topological polar surface area (TPSA) is 8.17 Å². The smallest absolute Gasteiger partial charge is 0.0725 e. The van der Waals surface area contributed by atoms with E-state index in [2.05, 4.69) is 301 Å². The van der Waals surface area contributed by atoms with Crippen molar-refractivity contribution in [1.29, 1.82) is 0 Å². The molecule has 0 saturated carbocycles. The van der Waals surface area contributed by atoms with Crippen molar-refractivity contribution in [1.82, 2.24) is 4.57 Å². The molecule has 0 saturated heterocycles. The Morgan fingerprint density at radius 1 is 0.253 bits per heavy atom. The molecule has 1 aromatic heterocycles. The fourth-order valence-corrected chi connectivity index (χ4v) is 12.9. The summed E-state index contributed by atoms with van der Waals surface area (Å²) in [5.41, 5.74) is 26.2. The lowest BCUT2D eigenvalue weighted by Gasteiger charge is -2.32. The molecule has 1 spiro atoms. The molecule has 15 rings (SSSR count). The minimum atomic E-state index is -0.438. The first kappa shape index (κ1) is 42.9. The number of hydrogen-bond donors (Lipinski definition) is 0. The van der Waals surface area contributed by atoms with Gasteiger partial charge in [0.15, 0.2) is 0 Å². The molecule has 75 heavy (non-hydrogen) atoms. The highest BCUT2D eigenvalue weighted by Gasteiger charge is 2.51. The highest BCUT2D eigenvalue weighted by Crippen LogP contribution is 2.63. The Labute approximate surface area is 437 Å². The van der Waals surface area contributed by atoms with Gasteiger partial charge in [0.2, 0.25) is 0 Å². The van der Waals surface area contributed by atoms with Crippen molar-refractivity contribution in [2.75, 3.05) is 4.90 Å². The van der Waals surface area contributed by atoms with Gasteiger partial charge in [-0.15, -0.1) is 0 Å². The summed E-state index contributed by atoms with van der Waals surface area (Å²) in [6.07, 6.45) is 0. The molecule has 12 aromatic carbocycles. The van der Waals surface area contributed by atoms with E-state index in [1.165, 1.54) is 94.1 Å². The lowest BCUT2D eigenvalue weighted by Crippen LogP contribution is -2.25. The molecule has 0 aliphatic heterocycles. The van der Waals surface area contributed by atoms with Gasteiger partial charge >= 0.3 is 0 Å². The summed E-state index contributed by atoms with van der Waals surface area (Å²) >= 11 is 0. The van der Waals surface area contributed by atoms with Crippen molar-refractivity contribution in [3.63, 3.8) is 0 Å². The van der Waals surface area contributed by atoms with Crippen LogP contribution in [0.3, 0.4) is 0 Å². The van der Waals surface area contributed by atoms with Crippen LogP contribution in [0.1, 0.15) is 22.3 Å². The van der Waals surface area contributed by atoms with Gasteiger partial charge in [0.1, 0.15) is 0 Å². The van der Waals surface area contributed by atoms with E-state index in [9.17, 15) is 0 Å². The van der Waals surface area contributed by atoms with E-state index in [0.29, 0.717) is 0 Å². The third-order valence-electron chi connectivity index (χ3n) is 16.0. The van der Waals surface area contributed by atoms with E-state index < -0.39 is 5.41 Å². The summed E-state index contributed by atoms with van der Waals surface area (Å²) in [4.78, 5) is 2.50. The number of nitrogens with zero attached hydrogens (tertiary/aromatic N) is 2. The molecule has 0 radical (unpaired) electrons. The standard InChI is InChI=1S/C73H48N2/c1-3-22-49(23-4-1)55-28-7-8-29-56(55)57-30-9-10-31-58(57)62-35-14-19-40-70(62)74(53-27-21-24-50(46-53)51-42-44-64-63-36-15-20-41-71(63)75(72(64)47-51)52-25-5-2-6-26-52)54-43-45-69-65(48-54)61-34-13-18-39-68(61)73(69)66-37-16-11-32-59(66)60-33-12-17-38-67(60)73/h1-48H. The maximum atomic E-state index is 2.50. The quantitative estimate of drug-likeness (QED) is 0.147. The Balaban J connectivity index is 0.956. The fourth-order valence-electron chi connectivity index (χ4n) is 12.9. The van der Waals surface area contributed by atoms with E-state index in [-0.39, 0.29) is 0 Å². The van der Waals surface area contributed by atoms with Crippen LogP contribution in [-0.4, -0.2) is 4.57 Å². The molecule has 350 valence electrons. The average Bonchev–Trinajstić information content (AvgIpc) is 4.30. The minimum Gasteiger partial charge on any atom is -0.310 e. The molecule has 0 N–H and O–H groups in total. The third kappa shape index (κ3) is 6.53. The number of benzene rings is 12. The Bertz CT molecular complexity index is 4320. The first-order chi connectivity index (χ1) is 37.2. The Hall–Kier alpha value is -9.76. The zero-order valence-electron chi connectivity index (χ0n) is 41.1. The first-order valence-electron chi connectivity index (χ1n) is 26.0. The van der Waals surface area contributed by atoms with Crippen molar-refractivity contribution in [3.05, 3.63) is 313 Å². The predicted molar refractivity (Wildman–Crippen MR) is 314 cm³/mol. The minimum absolute atomic E-state index is 0.438. The van der Waals surface area contributed by atoms with Gasteiger partial charge in [-0.25, -0.2) is 0 Å². The third-order valence-corrected chi connectivity index (χ3v) is 16.0. The first-order valence-corrected chi connectivity index (χ1v) is 26.0. The summed E-state index contributed by atoms with van der Waals surface area (Å²) in [5.74, 6) is 0. The van der Waals surface area contributed by atoms with Gasteiger partial charge < -0.3 is 9.47 Å². The highest BCUT2D eigenvalue weighted by atomic mass is 15.1. The van der Waals surface area contributed by atoms with Crippen LogP contribution in [-0.2, 0) is 5.41 Å². The number of hydrogen-bond acceptors (Lipinski definition) is 1. The van der Waals surface area contributed by atoms with Gasteiger partial charge in [-0.05, 0) is 138 Å². The second-order valence-corrected chi connectivity index (χ2v) is 19.9. The summed E-state index contributed by atoms with van der Waals surface area (Å²) < 4.78 is 2.41. The normalized spacial score (nSPS) is 12.6. The molecule has 2 nitrogen and oxygen atoms in total. The molecule has 2 aliphatic rings. The highest BCUT2D eigenvalue weighted by molar-refractivity contribution is 6.10. The zero-order valence-corrected chi connectivity index (χ0v) is 41.1. The number of aromatic nitrogens is 1. The largest absolute Gasteiger partial charge is 0.310 e. The maximum absolute atomic E-state index is 2.50. The Kier molecular flexibility index (Phi) is 9.83. The number of fused-ring (bicyclic) bond motifs is 13. The average molecular weight is 953 g/mol. The van der Waals surface area contributed by atoms with Gasteiger partial charge in [-0.2, -0.15) is 0 Å². The van der Waals surface area contributed by atoms with E-state index in [0.717, 1.165) is 39.4 Å². The van der Waals surface area contributed by atoms with E-state index in [1.54, 1.807) is 0 Å². The van der Waals surface area contributed by atoms with E-state index >= 15 is 0 Å². The van der Waals surface area contributed by atoms with Gasteiger partial charge in [-0.3, -0.25) is 0 Å². The van der Waals surface area contributed by atoms with Gasteiger partial charge in [0.05, 0.1) is 22.1 Å². The van der Waals surface area contributed by atoms with E-state index in [4.69, 9.17) is 0 Å². The van der Waals surface area contributed by atoms with E-state index in [1.807, 2.05) is 0 Å². The summed E-state index contributed by atoms with van der Waals surface area (Å²) in [6.45, 7) is 0. The molecule has 2 aliphatic carbocycles. The van der Waals surface area contributed by atoms with Crippen LogP contribution in [0.4, 0.5) is 17.1 Å². The van der Waals surface area contributed by atoms with Crippen LogP contribution in [0.25, 0.3) is 94.3 Å². The summed E-state index contributed by atoms with van der Waals surface area (Å²) in [7, 11) is 0. The van der Waals surface area contributed by atoms with Gasteiger partial charge in [-0.1, -0.05) is 237 Å². The van der Waals surface area contributed by atoms with Crippen LogP contribution in [0, 0.1) is 0 Å². The van der Waals surface area contributed by atoms with Crippen LogP contribution in [0.5, 0.6) is 0 Å². The molecular formula is C73H48N2. The number of para-hydroxylation sites is 3. The molecule has 0 fully saturated rings. The lowest BCUT2D eigenvalue weighted by molar-refractivity contribution is 0.794. The van der Waals surface area contributed by atoms with Crippen molar-refractivity contribution in [3.8, 4) is 72.4 Å². The molecule has 1 heterocycles.